The van der Waals surface area contributed by atoms with Gasteiger partial charge in [-0.3, -0.25) is 37.3 Å². The normalized spacial score (nSPS) is 14.0. The molecule has 0 aliphatic heterocycles. The van der Waals surface area contributed by atoms with Crippen LogP contribution in [0.4, 0.5) is 0 Å². The van der Waals surface area contributed by atoms with Crippen molar-refractivity contribution in [3.63, 3.8) is 0 Å². The molecular formula is C75H146O17P2. The molecule has 558 valence electrons. The van der Waals surface area contributed by atoms with Gasteiger partial charge in [0.05, 0.1) is 26.4 Å². The van der Waals surface area contributed by atoms with Crippen LogP contribution in [0.15, 0.2) is 0 Å². The first-order valence-electron chi connectivity index (χ1n) is 39.1. The van der Waals surface area contributed by atoms with Gasteiger partial charge in [0, 0.05) is 25.7 Å². The van der Waals surface area contributed by atoms with Gasteiger partial charge in [0.25, 0.3) is 0 Å². The molecule has 2 unspecified atom stereocenters. The zero-order valence-electron chi connectivity index (χ0n) is 61.1. The zero-order valence-corrected chi connectivity index (χ0v) is 62.9. The largest absolute Gasteiger partial charge is 0.472 e. The summed E-state index contributed by atoms with van der Waals surface area (Å²) >= 11 is 0. The molecule has 5 atom stereocenters. The quantitative estimate of drug-likeness (QED) is 0.0222. The van der Waals surface area contributed by atoms with Gasteiger partial charge in [-0.05, 0) is 31.6 Å². The van der Waals surface area contributed by atoms with E-state index in [-0.39, 0.29) is 25.7 Å². The molecule has 0 saturated carbocycles. The molecule has 0 aromatic rings. The first-order valence-corrected chi connectivity index (χ1v) is 42.1. The third-order valence-corrected chi connectivity index (χ3v) is 19.4. The van der Waals surface area contributed by atoms with Crippen molar-refractivity contribution in [3.8, 4) is 0 Å². The van der Waals surface area contributed by atoms with E-state index in [0.29, 0.717) is 25.7 Å². The summed E-state index contributed by atoms with van der Waals surface area (Å²) in [6.07, 6.45) is 56.7. The minimum Gasteiger partial charge on any atom is -0.462 e. The molecule has 0 fully saturated rings. The minimum absolute atomic E-state index is 0.108. The van der Waals surface area contributed by atoms with Crippen LogP contribution >= 0.6 is 15.6 Å². The van der Waals surface area contributed by atoms with E-state index < -0.39 is 97.5 Å². The van der Waals surface area contributed by atoms with Crippen LogP contribution in [0.2, 0.25) is 0 Å². The summed E-state index contributed by atoms with van der Waals surface area (Å²) in [5.74, 6) is -1.30. The predicted molar refractivity (Wildman–Crippen MR) is 382 cm³/mol. The highest BCUT2D eigenvalue weighted by atomic mass is 31.2. The van der Waals surface area contributed by atoms with E-state index in [9.17, 15) is 43.2 Å². The van der Waals surface area contributed by atoms with E-state index in [0.717, 1.165) is 95.8 Å². The Bertz CT molecular complexity index is 1810. The number of aliphatic hydroxyl groups excluding tert-OH is 1. The van der Waals surface area contributed by atoms with Crippen LogP contribution in [0, 0.1) is 5.92 Å². The van der Waals surface area contributed by atoms with Crippen molar-refractivity contribution in [1.29, 1.82) is 0 Å². The topological polar surface area (TPSA) is 237 Å². The summed E-state index contributed by atoms with van der Waals surface area (Å²) < 4.78 is 68.5. The Balaban J connectivity index is 5.22. The maximum absolute atomic E-state index is 13.1. The molecule has 0 radical (unpaired) electrons. The molecule has 94 heavy (non-hydrogen) atoms. The summed E-state index contributed by atoms with van der Waals surface area (Å²) in [6, 6.07) is 0. The second-order valence-corrected chi connectivity index (χ2v) is 30.4. The van der Waals surface area contributed by atoms with E-state index >= 15 is 0 Å². The first-order chi connectivity index (χ1) is 45.5. The van der Waals surface area contributed by atoms with Gasteiger partial charge in [-0.1, -0.05) is 343 Å². The van der Waals surface area contributed by atoms with Crippen LogP contribution < -0.4 is 0 Å². The number of carbonyl (C=O) groups is 4. The number of aliphatic hydroxyl groups is 1. The number of rotatable bonds is 75. The van der Waals surface area contributed by atoms with Crippen molar-refractivity contribution in [2.45, 2.75) is 412 Å². The molecule has 0 heterocycles. The molecular weight excluding hydrogens is 1230 g/mol. The second-order valence-electron chi connectivity index (χ2n) is 27.5. The van der Waals surface area contributed by atoms with Crippen LogP contribution in [-0.2, 0) is 65.4 Å². The maximum Gasteiger partial charge on any atom is 0.472 e. The van der Waals surface area contributed by atoms with Gasteiger partial charge in [0.2, 0.25) is 0 Å². The smallest absolute Gasteiger partial charge is 0.462 e. The highest BCUT2D eigenvalue weighted by molar-refractivity contribution is 7.47. The van der Waals surface area contributed by atoms with Crippen LogP contribution in [0.5, 0.6) is 0 Å². The monoisotopic (exact) mass is 1380 g/mol. The molecule has 0 aliphatic carbocycles. The van der Waals surface area contributed by atoms with Gasteiger partial charge in [0.15, 0.2) is 12.2 Å². The predicted octanol–water partition coefficient (Wildman–Crippen LogP) is 22.1. The lowest BCUT2D eigenvalue weighted by atomic mass is 10.0. The van der Waals surface area contributed by atoms with E-state index in [1.165, 1.54) is 218 Å². The molecule has 0 bridgehead atoms. The number of phosphoric acid groups is 2. The molecule has 19 heteroatoms. The Morgan fingerprint density at radius 3 is 0.723 bits per heavy atom. The molecule has 0 aromatic heterocycles. The van der Waals surface area contributed by atoms with E-state index in [1.807, 2.05) is 0 Å². The van der Waals surface area contributed by atoms with Crippen LogP contribution in [0.1, 0.15) is 394 Å². The molecule has 0 spiro atoms. The number of phosphoric ester groups is 2. The lowest BCUT2D eigenvalue weighted by molar-refractivity contribution is -0.161. The average Bonchev–Trinajstić information content (AvgIpc) is 2.08. The summed E-state index contributed by atoms with van der Waals surface area (Å²) in [7, 11) is -9.91. The summed E-state index contributed by atoms with van der Waals surface area (Å²) in [6.45, 7) is 7.32. The fourth-order valence-electron chi connectivity index (χ4n) is 11.5. The number of esters is 4. The average molecular weight is 1380 g/mol. The SMILES string of the molecule is CCCCCCCCCCCCCCC(=O)OC[C@H](COP(=O)(O)OC[C@@H](O)COP(=O)(O)OC[C@@H](COC(=O)CCCCCCCCCCCCC)OC(=O)CCCCCCCCCCCCCC)OC(=O)CCCCCCCCCCCCCCCCCCC(C)C. The number of hydrogen-bond donors (Lipinski definition) is 3. The minimum atomic E-state index is -4.95. The first kappa shape index (κ1) is 92.1. The molecule has 3 N–H and O–H groups in total. The third kappa shape index (κ3) is 68.6. The summed E-state index contributed by atoms with van der Waals surface area (Å²) in [5.41, 5.74) is 0. The lowest BCUT2D eigenvalue weighted by Gasteiger charge is -2.21. The van der Waals surface area contributed by atoms with Gasteiger partial charge in [-0.2, -0.15) is 0 Å². The molecule has 0 rings (SSSR count). The Kier molecular flexibility index (Phi) is 66.8. The third-order valence-electron chi connectivity index (χ3n) is 17.5. The van der Waals surface area contributed by atoms with E-state index in [1.54, 1.807) is 0 Å². The van der Waals surface area contributed by atoms with Crippen molar-refractivity contribution in [2.75, 3.05) is 39.6 Å². The second kappa shape index (κ2) is 68.2. The number of carbonyl (C=O) groups excluding carboxylic acids is 4. The van der Waals surface area contributed by atoms with Gasteiger partial charge in [0.1, 0.15) is 19.3 Å². The fraction of sp³-hybridized carbons (Fsp3) is 0.947. The highest BCUT2D eigenvalue weighted by Crippen LogP contribution is 2.45. The van der Waals surface area contributed by atoms with Crippen LogP contribution in [0.3, 0.4) is 0 Å². The summed E-state index contributed by atoms with van der Waals surface area (Å²) in [4.78, 5) is 72.7. The van der Waals surface area contributed by atoms with Crippen molar-refractivity contribution >= 4 is 39.5 Å². The van der Waals surface area contributed by atoms with Crippen LogP contribution in [0.25, 0.3) is 0 Å². The van der Waals surface area contributed by atoms with Crippen molar-refractivity contribution in [2.24, 2.45) is 5.92 Å². The standard InChI is InChI=1S/C75H146O17P2/c1-6-9-12-15-18-21-24-34-39-44-49-54-59-73(78)86-65-71(92-75(80)61-56-51-46-41-36-31-29-27-26-28-30-33-37-42-47-52-57-68(4)5)67-90-94(83,84)88-63-69(76)62-87-93(81,82)89-66-70(64-85-72(77)58-53-48-43-38-32-23-20-17-14-11-8-3)91-74(79)60-55-50-45-40-35-25-22-19-16-13-10-7-2/h68-71,76H,6-67H2,1-5H3,(H,81,82)(H,83,84)/t69-,70+,71+/m0/s1. The highest BCUT2D eigenvalue weighted by Gasteiger charge is 2.30. The van der Waals surface area contributed by atoms with Gasteiger partial charge in [-0.25, -0.2) is 9.13 Å². The molecule has 0 aromatic carbocycles. The Labute approximate surface area is 575 Å². The number of ether oxygens (including phenoxy) is 4. The van der Waals surface area contributed by atoms with E-state index in [4.69, 9.17) is 37.0 Å². The molecule has 17 nitrogen and oxygen atoms in total. The number of unbranched alkanes of at least 4 members (excludes halogenated alkanes) is 47. The van der Waals surface area contributed by atoms with Gasteiger partial charge in [-0.15, -0.1) is 0 Å². The van der Waals surface area contributed by atoms with Crippen molar-refractivity contribution in [1.82, 2.24) is 0 Å². The number of hydrogen-bond acceptors (Lipinski definition) is 15. The Morgan fingerprint density at radius 2 is 0.489 bits per heavy atom. The Hall–Kier alpha value is -1.94. The molecule has 0 aliphatic rings. The Morgan fingerprint density at radius 1 is 0.287 bits per heavy atom. The fourth-order valence-corrected chi connectivity index (χ4v) is 13.1. The lowest BCUT2D eigenvalue weighted by Crippen LogP contribution is -2.30. The zero-order chi connectivity index (χ0) is 69.1. The maximum atomic E-state index is 13.1. The van der Waals surface area contributed by atoms with Crippen molar-refractivity contribution in [3.05, 3.63) is 0 Å². The molecule has 0 amide bonds. The van der Waals surface area contributed by atoms with Crippen LogP contribution in [-0.4, -0.2) is 96.7 Å². The summed E-state index contributed by atoms with van der Waals surface area (Å²) in [5, 5.41) is 10.6. The van der Waals surface area contributed by atoms with Gasteiger partial charge < -0.3 is 33.8 Å². The van der Waals surface area contributed by atoms with Gasteiger partial charge >= 0.3 is 39.5 Å². The van der Waals surface area contributed by atoms with Crippen molar-refractivity contribution < 1.29 is 80.2 Å². The molecule has 0 saturated heterocycles. The van der Waals surface area contributed by atoms with E-state index in [2.05, 4.69) is 34.6 Å².